The Kier molecular flexibility index (Phi) is 7.46. The second kappa shape index (κ2) is 10.9. The summed E-state index contributed by atoms with van der Waals surface area (Å²) in [4.78, 5) is 37.5. The van der Waals surface area contributed by atoms with E-state index in [0.717, 1.165) is 46.1 Å². The molecular formula is C27H33N7O3S. The molecule has 3 aromatic heterocycles. The highest BCUT2D eigenvalue weighted by molar-refractivity contribution is 7.19. The number of nitrogens with one attached hydrogen (secondary N) is 3. The van der Waals surface area contributed by atoms with Gasteiger partial charge in [-0.2, -0.15) is 5.10 Å². The van der Waals surface area contributed by atoms with Gasteiger partial charge in [0.25, 0.3) is 0 Å². The highest BCUT2D eigenvalue weighted by atomic mass is 32.1. The van der Waals surface area contributed by atoms with Gasteiger partial charge in [0.1, 0.15) is 29.3 Å². The van der Waals surface area contributed by atoms with Crippen LogP contribution < -0.4 is 15.4 Å². The fraction of sp³-hybridized carbons (Fsp3) is 0.444. The molecule has 0 fully saturated rings. The number of aromatic amines is 1. The summed E-state index contributed by atoms with van der Waals surface area (Å²) in [6.07, 6.45) is 6.16. The maximum atomic E-state index is 12.6. The summed E-state index contributed by atoms with van der Waals surface area (Å²) < 4.78 is 6.10. The third kappa shape index (κ3) is 5.42. The minimum Gasteiger partial charge on any atom is -0.489 e. The van der Waals surface area contributed by atoms with Crippen molar-refractivity contribution in [2.45, 2.75) is 39.5 Å². The summed E-state index contributed by atoms with van der Waals surface area (Å²) in [6.45, 7) is 4.77. The van der Waals surface area contributed by atoms with Crippen molar-refractivity contribution in [1.29, 1.82) is 0 Å². The molecule has 1 aromatic carbocycles. The van der Waals surface area contributed by atoms with E-state index >= 15 is 0 Å². The number of H-pyrrole nitrogens is 1. The zero-order chi connectivity index (χ0) is 26.8. The van der Waals surface area contributed by atoms with Gasteiger partial charge in [0.15, 0.2) is 0 Å². The number of hydrogen-bond acceptors (Lipinski definition) is 8. The van der Waals surface area contributed by atoms with E-state index in [2.05, 4.69) is 30.8 Å². The van der Waals surface area contributed by atoms with E-state index in [9.17, 15) is 9.59 Å². The van der Waals surface area contributed by atoms with E-state index in [1.54, 1.807) is 28.8 Å². The van der Waals surface area contributed by atoms with E-state index in [1.807, 2.05) is 40.1 Å². The van der Waals surface area contributed by atoms with Gasteiger partial charge in [0.2, 0.25) is 11.8 Å². The summed E-state index contributed by atoms with van der Waals surface area (Å²) >= 11 is 1.64. The first-order valence-electron chi connectivity index (χ1n) is 12.9. The van der Waals surface area contributed by atoms with Gasteiger partial charge >= 0.3 is 0 Å². The number of carbonyl (C=O) groups is 2. The third-order valence-electron chi connectivity index (χ3n) is 6.70. The molecule has 0 saturated heterocycles. The lowest BCUT2D eigenvalue weighted by Crippen LogP contribution is -2.32. The SMILES string of the molecule is CC(C)CC(=O)NCCOc1cc2[nH]ncc2cc1Nc1ncnc2sc3c(c12)CC[C@H](C(=O)N(C)C)C3. The molecule has 5 rings (SSSR count). The van der Waals surface area contributed by atoms with Crippen LogP contribution in [0.3, 0.4) is 0 Å². The summed E-state index contributed by atoms with van der Waals surface area (Å²) in [5.74, 6) is 1.84. The Bertz CT molecular complexity index is 1480. The molecule has 10 nitrogen and oxygen atoms in total. The summed E-state index contributed by atoms with van der Waals surface area (Å²) in [6, 6.07) is 3.88. The number of carbonyl (C=O) groups excluding carboxylic acids is 2. The van der Waals surface area contributed by atoms with Gasteiger partial charge in [0, 0.05) is 42.8 Å². The number of rotatable bonds is 9. The molecule has 2 amide bonds. The van der Waals surface area contributed by atoms with E-state index < -0.39 is 0 Å². The Morgan fingerprint density at radius 1 is 1.26 bits per heavy atom. The van der Waals surface area contributed by atoms with Crippen LogP contribution in [0.4, 0.5) is 11.5 Å². The normalized spacial score (nSPS) is 15.0. The number of anilines is 2. The molecule has 38 heavy (non-hydrogen) atoms. The largest absolute Gasteiger partial charge is 0.489 e. The smallest absolute Gasteiger partial charge is 0.225 e. The van der Waals surface area contributed by atoms with E-state index in [1.165, 1.54) is 10.4 Å². The van der Waals surface area contributed by atoms with Crippen molar-refractivity contribution in [1.82, 2.24) is 30.4 Å². The highest BCUT2D eigenvalue weighted by Crippen LogP contribution is 2.41. The average molecular weight is 536 g/mol. The Hall–Kier alpha value is -3.73. The molecule has 1 atom stereocenters. The van der Waals surface area contributed by atoms with Crippen LogP contribution >= 0.6 is 11.3 Å². The second-order valence-corrected chi connectivity index (χ2v) is 11.4. The van der Waals surface area contributed by atoms with Crippen molar-refractivity contribution >= 4 is 55.8 Å². The van der Waals surface area contributed by atoms with Crippen LogP contribution in [-0.2, 0) is 22.4 Å². The number of hydrogen-bond donors (Lipinski definition) is 3. The molecule has 0 saturated carbocycles. The van der Waals surface area contributed by atoms with Gasteiger partial charge in [-0.15, -0.1) is 11.3 Å². The fourth-order valence-corrected chi connectivity index (χ4v) is 6.16. The van der Waals surface area contributed by atoms with Gasteiger partial charge in [-0.05, 0) is 36.8 Å². The van der Waals surface area contributed by atoms with E-state index in [4.69, 9.17) is 4.74 Å². The Morgan fingerprint density at radius 2 is 2.11 bits per heavy atom. The maximum Gasteiger partial charge on any atom is 0.225 e. The third-order valence-corrected chi connectivity index (χ3v) is 7.87. The monoisotopic (exact) mass is 535 g/mol. The first-order chi connectivity index (χ1) is 18.3. The molecular weight excluding hydrogens is 502 g/mol. The number of aryl methyl sites for hydroxylation is 1. The molecule has 0 aliphatic heterocycles. The first kappa shape index (κ1) is 25.9. The molecule has 4 aromatic rings. The van der Waals surface area contributed by atoms with E-state index in [0.29, 0.717) is 37.1 Å². The average Bonchev–Trinajstić information content (AvgIpc) is 3.49. The molecule has 11 heteroatoms. The minimum atomic E-state index is -0.000500. The second-order valence-electron chi connectivity index (χ2n) is 10.3. The van der Waals surface area contributed by atoms with Crippen LogP contribution in [0, 0.1) is 11.8 Å². The predicted molar refractivity (Wildman–Crippen MR) is 149 cm³/mol. The molecule has 200 valence electrons. The quantitative estimate of drug-likeness (QED) is 0.276. The number of ether oxygens (including phenoxy) is 1. The summed E-state index contributed by atoms with van der Waals surface area (Å²) in [5.41, 5.74) is 2.83. The predicted octanol–water partition coefficient (Wildman–Crippen LogP) is 4.05. The maximum absolute atomic E-state index is 12.6. The molecule has 0 radical (unpaired) electrons. The summed E-state index contributed by atoms with van der Waals surface area (Å²) in [7, 11) is 3.62. The molecule has 1 aliphatic rings. The number of benzene rings is 1. The van der Waals surface area contributed by atoms with Crippen LogP contribution in [0.5, 0.6) is 5.75 Å². The van der Waals surface area contributed by atoms with Gasteiger partial charge in [-0.25, -0.2) is 9.97 Å². The number of thiophene rings is 1. The lowest BCUT2D eigenvalue weighted by atomic mass is 9.87. The molecule has 3 N–H and O–H groups in total. The lowest BCUT2D eigenvalue weighted by molar-refractivity contribution is -0.133. The first-order valence-corrected chi connectivity index (χ1v) is 13.7. The molecule has 3 heterocycles. The molecule has 0 bridgehead atoms. The lowest BCUT2D eigenvalue weighted by Gasteiger charge is -2.24. The Labute approximate surface area is 225 Å². The summed E-state index contributed by atoms with van der Waals surface area (Å²) in [5, 5.41) is 15.5. The number of nitrogens with zero attached hydrogens (tertiary/aromatic N) is 4. The topological polar surface area (TPSA) is 125 Å². The van der Waals surface area contributed by atoms with Gasteiger partial charge in [-0.3, -0.25) is 14.7 Å². The number of fused-ring (bicyclic) bond motifs is 4. The van der Waals surface area contributed by atoms with Crippen molar-refractivity contribution in [3.8, 4) is 5.75 Å². The van der Waals surface area contributed by atoms with Gasteiger partial charge in [0.05, 0.1) is 29.3 Å². The van der Waals surface area contributed by atoms with Crippen molar-refractivity contribution in [2.24, 2.45) is 11.8 Å². The van der Waals surface area contributed by atoms with Crippen LogP contribution in [-0.4, -0.2) is 64.1 Å². The fourth-order valence-electron chi connectivity index (χ4n) is 4.89. The van der Waals surface area contributed by atoms with Gasteiger partial charge < -0.3 is 20.3 Å². The van der Waals surface area contributed by atoms with Crippen LogP contribution in [0.1, 0.15) is 37.1 Å². The highest BCUT2D eigenvalue weighted by Gasteiger charge is 2.30. The van der Waals surface area contributed by atoms with Crippen LogP contribution in [0.2, 0.25) is 0 Å². The van der Waals surface area contributed by atoms with Crippen molar-refractivity contribution in [3.63, 3.8) is 0 Å². The van der Waals surface area contributed by atoms with Gasteiger partial charge in [-0.1, -0.05) is 13.8 Å². The minimum absolute atomic E-state index is 0.000500. The van der Waals surface area contributed by atoms with E-state index in [-0.39, 0.29) is 17.7 Å². The zero-order valence-corrected chi connectivity index (χ0v) is 22.9. The number of aromatic nitrogens is 4. The Balaban J connectivity index is 1.39. The molecule has 0 unspecified atom stereocenters. The molecule has 1 aliphatic carbocycles. The number of amides is 2. The van der Waals surface area contributed by atoms with Crippen LogP contribution in [0.15, 0.2) is 24.7 Å². The van der Waals surface area contributed by atoms with Crippen molar-refractivity contribution < 1.29 is 14.3 Å². The van der Waals surface area contributed by atoms with Crippen LogP contribution in [0.25, 0.3) is 21.1 Å². The molecule has 0 spiro atoms. The Morgan fingerprint density at radius 3 is 2.89 bits per heavy atom. The van der Waals surface area contributed by atoms with Crippen molar-refractivity contribution in [3.05, 3.63) is 35.1 Å². The zero-order valence-electron chi connectivity index (χ0n) is 22.1. The standard InChI is InChI=1S/C27H33N7O3S/c1-15(2)9-23(35)28-7-8-37-21-12-19-17(13-31-33-19)10-20(21)32-25-24-18-6-5-16(27(36)34(3)4)11-22(18)38-26(24)30-14-29-25/h10,12-16H,5-9,11H2,1-4H3,(H,28,35)(H,31,33)(H,29,30,32)/t16-/m0/s1. The van der Waals surface area contributed by atoms with Crippen molar-refractivity contribution in [2.75, 3.05) is 32.6 Å².